The summed E-state index contributed by atoms with van der Waals surface area (Å²) in [5.74, 6) is -0.403. The zero-order chi connectivity index (χ0) is 17.2. The summed E-state index contributed by atoms with van der Waals surface area (Å²) in [5.41, 5.74) is 4.53. The molecule has 1 aromatic carbocycles. The number of hydrogen-bond donors (Lipinski definition) is 1. The maximum atomic E-state index is 12.8. The third kappa shape index (κ3) is 3.74. The van der Waals surface area contributed by atoms with Gasteiger partial charge in [-0.25, -0.2) is 0 Å². The molecule has 0 spiro atoms. The lowest BCUT2D eigenvalue weighted by Crippen LogP contribution is -2.53. The molecule has 0 bridgehead atoms. The predicted molar refractivity (Wildman–Crippen MR) is 78.6 cm³/mol. The summed E-state index contributed by atoms with van der Waals surface area (Å²) in [5, 5.41) is 8.95. The van der Waals surface area contributed by atoms with Gasteiger partial charge in [-0.05, 0) is 25.1 Å². The van der Waals surface area contributed by atoms with Gasteiger partial charge in [0.15, 0.2) is 0 Å². The minimum absolute atomic E-state index is 0.376. The third-order valence-electron chi connectivity index (χ3n) is 4.07. The van der Waals surface area contributed by atoms with E-state index in [2.05, 4.69) is 0 Å². The van der Waals surface area contributed by atoms with E-state index in [1.807, 2.05) is 9.80 Å². The molecule has 0 unspecified atom stereocenters. The highest BCUT2D eigenvalue weighted by molar-refractivity contribution is 5.79. The van der Waals surface area contributed by atoms with E-state index in [1.54, 1.807) is 13.0 Å². The highest BCUT2D eigenvalue weighted by Crippen LogP contribution is 2.33. The summed E-state index contributed by atoms with van der Waals surface area (Å²) in [7, 11) is 0. The van der Waals surface area contributed by atoms with Crippen LogP contribution in [0.25, 0.3) is 0 Å². The molecule has 1 heterocycles. The van der Waals surface area contributed by atoms with Crippen LogP contribution in [0.1, 0.15) is 18.1 Å². The molecule has 1 aromatic rings. The molecule has 1 aliphatic rings. The number of rotatable bonds is 3. The Morgan fingerprint density at radius 2 is 1.91 bits per heavy atom. The van der Waals surface area contributed by atoms with Gasteiger partial charge in [-0.15, -0.1) is 0 Å². The van der Waals surface area contributed by atoms with E-state index in [-0.39, 0.29) is 11.6 Å². The van der Waals surface area contributed by atoms with Gasteiger partial charge in [-0.1, -0.05) is 0 Å². The van der Waals surface area contributed by atoms with Crippen molar-refractivity contribution in [1.82, 2.24) is 4.90 Å². The molecule has 8 heteroatoms. The number of nitrogens with zero attached hydrogens (tertiary/aromatic N) is 3. The maximum absolute atomic E-state index is 12.8. The Bertz CT molecular complexity index is 631. The van der Waals surface area contributed by atoms with Gasteiger partial charge >= 0.3 is 6.18 Å². The second-order valence-electron chi connectivity index (χ2n) is 5.44. The lowest BCUT2D eigenvalue weighted by molar-refractivity contribution is -0.137. The number of carbonyl (C=O) groups excluding carboxylic acids is 1. The number of hydrogen-bond acceptors (Lipinski definition) is 4. The lowest BCUT2D eigenvalue weighted by Gasteiger charge is -2.38. The van der Waals surface area contributed by atoms with E-state index in [9.17, 15) is 18.0 Å². The molecule has 0 saturated carbocycles. The van der Waals surface area contributed by atoms with Crippen molar-refractivity contribution >= 4 is 11.6 Å². The molecule has 1 aliphatic heterocycles. The topological polar surface area (TPSA) is 73.4 Å². The molecule has 5 nitrogen and oxygen atoms in total. The first kappa shape index (κ1) is 17.1. The molecule has 124 valence electrons. The van der Waals surface area contributed by atoms with Crippen LogP contribution in [0, 0.1) is 11.3 Å². The minimum Gasteiger partial charge on any atom is -0.369 e. The summed E-state index contributed by atoms with van der Waals surface area (Å²) in [6.07, 6.45) is -4.54. The summed E-state index contributed by atoms with van der Waals surface area (Å²) in [4.78, 5) is 15.0. The van der Waals surface area contributed by atoms with Crippen molar-refractivity contribution in [2.45, 2.75) is 19.1 Å². The fourth-order valence-electron chi connectivity index (χ4n) is 2.62. The molecule has 1 fully saturated rings. The van der Waals surface area contributed by atoms with Crippen LogP contribution < -0.4 is 10.6 Å². The molecule has 0 radical (unpaired) electrons. The van der Waals surface area contributed by atoms with Gasteiger partial charge in [0.1, 0.15) is 0 Å². The Balaban J connectivity index is 2.13. The molecule has 0 aromatic heterocycles. The van der Waals surface area contributed by atoms with E-state index in [0.29, 0.717) is 31.9 Å². The van der Waals surface area contributed by atoms with E-state index < -0.39 is 17.6 Å². The molecule has 23 heavy (non-hydrogen) atoms. The first-order chi connectivity index (χ1) is 10.7. The highest BCUT2D eigenvalue weighted by atomic mass is 19.4. The molecular formula is C15H17F3N4O. The van der Waals surface area contributed by atoms with E-state index in [1.165, 1.54) is 12.1 Å². The van der Waals surface area contributed by atoms with Gasteiger partial charge in [0.2, 0.25) is 5.91 Å². The smallest absolute Gasteiger partial charge is 0.369 e. The predicted octanol–water partition coefficient (Wildman–Crippen LogP) is 1.57. The monoisotopic (exact) mass is 326 g/mol. The Morgan fingerprint density at radius 3 is 2.39 bits per heavy atom. The van der Waals surface area contributed by atoms with Crippen molar-refractivity contribution in [3.05, 3.63) is 29.3 Å². The Morgan fingerprint density at radius 1 is 1.30 bits per heavy atom. The third-order valence-corrected chi connectivity index (χ3v) is 4.07. The fourth-order valence-corrected chi connectivity index (χ4v) is 2.62. The average Bonchev–Trinajstić information content (AvgIpc) is 2.52. The molecule has 2 rings (SSSR count). The van der Waals surface area contributed by atoms with Crippen molar-refractivity contribution in [2.24, 2.45) is 5.73 Å². The molecule has 0 aliphatic carbocycles. The van der Waals surface area contributed by atoms with Crippen LogP contribution >= 0.6 is 0 Å². The van der Waals surface area contributed by atoms with Crippen LogP contribution in [0.5, 0.6) is 0 Å². The highest BCUT2D eigenvalue weighted by Gasteiger charge is 2.34. The first-order valence-electron chi connectivity index (χ1n) is 7.13. The van der Waals surface area contributed by atoms with E-state index in [4.69, 9.17) is 11.0 Å². The Hall–Kier alpha value is -2.27. The van der Waals surface area contributed by atoms with E-state index >= 15 is 0 Å². The van der Waals surface area contributed by atoms with Gasteiger partial charge in [-0.2, -0.15) is 18.4 Å². The van der Waals surface area contributed by atoms with E-state index in [0.717, 1.165) is 6.07 Å². The number of amides is 1. The van der Waals surface area contributed by atoms with Crippen LogP contribution in [-0.4, -0.2) is 43.0 Å². The molecule has 1 amide bonds. The second-order valence-corrected chi connectivity index (χ2v) is 5.44. The molecular weight excluding hydrogens is 309 g/mol. The molecule has 1 saturated heterocycles. The van der Waals surface area contributed by atoms with Crippen LogP contribution in [0.3, 0.4) is 0 Å². The zero-order valence-corrected chi connectivity index (χ0v) is 12.6. The lowest BCUT2D eigenvalue weighted by atomic mass is 10.1. The molecule has 1 atom stereocenters. The normalized spacial score (nSPS) is 17.6. The van der Waals surface area contributed by atoms with Crippen LogP contribution in [0.15, 0.2) is 18.2 Å². The van der Waals surface area contributed by atoms with Gasteiger partial charge in [0.05, 0.1) is 23.2 Å². The minimum atomic E-state index is -4.54. The Kier molecular flexibility index (Phi) is 4.80. The van der Waals surface area contributed by atoms with Crippen molar-refractivity contribution in [3.63, 3.8) is 0 Å². The SMILES string of the molecule is C[C@@H](C(N)=O)N1CCN(c2ccc(C(F)(F)F)c(C#N)c2)CC1. The summed E-state index contributed by atoms with van der Waals surface area (Å²) in [6, 6.07) is 4.80. The number of anilines is 1. The van der Waals surface area contributed by atoms with Crippen molar-refractivity contribution in [2.75, 3.05) is 31.1 Å². The average molecular weight is 326 g/mol. The number of alkyl halides is 3. The van der Waals surface area contributed by atoms with Gasteiger partial charge < -0.3 is 10.6 Å². The first-order valence-corrected chi connectivity index (χ1v) is 7.13. The number of benzene rings is 1. The summed E-state index contributed by atoms with van der Waals surface area (Å²) in [6.45, 7) is 3.98. The van der Waals surface area contributed by atoms with Crippen LogP contribution in [-0.2, 0) is 11.0 Å². The second kappa shape index (κ2) is 6.46. The molecule has 2 N–H and O–H groups in total. The van der Waals surface area contributed by atoms with Gasteiger partial charge in [-0.3, -0.25) is 9.69 Å². The van der Waals surface area contributed by atoms with Crippen LogP contribution in [0.2, 0.25) is 0 Å². The number of nitriles is 1. The Labute approximate surface area is 132 Å². The van der Waals surface area contributed by atoms with Gasteiger partial charge in [0, 0.05) is 31.9 Å². The van der Waals surface area contributed by atoms with Crippen molar-refractivity contribution in [3.8, 4) is 6.07 Å². The number of carbonyl (C=O) groups is 1. The standard InChI is InChI=1S/C15H17F3N4O/c1-10(14(20)23)21-4-6-22(7-5-21)12-2-3-13(15(16,17)18)11(8-12)9-19/h2-3,8,10H,4-7H2,1H3,(H2,20,23)/t10-/m0/s1. The number of piperazine rings is 1. The summed E-state index contributed by atoms with van der Waals surface area (Å²) < 4.78 is 38.4. The van der Waals surface area contributed by atoms with Crippen LogP contribution in [0.4, 0.5) is 18.9 Å². The number of nitrogens with two attached hydrogens (primary N) is 1. The fraction of sp³-hybridized carbons (Fsp3) is 0.467. The zero-order valence-electron chi connectivity index (χ0n) is 12.6. The number of primary amides is 1. The maximum Gasteiger partial charge on any atom is 0.417 e. The summed E-state index contributed by atoms with van der Waals surface area (Å²) >= 11 is 0. The van der Waals surface area contributed by atoms with Crippen molar-refractivity contribution in [1.29, 1.82) is 5.26 Å². The van der Waals surface area contributed by atoms with Crippen molar-refractivity contribution < 1.29 is 18.0 Å². The quantitative estimate of drug-likeness (QED) is 0.915. The largest absolute Gasteiger partial charge is 0.417 e. The van der Waals surface area contributed by atoms with Gasteiger partial charge in [0.25, 0.3) is 0 Å². The number of halogens is 3.